The van der Waals surface area contributed by atoms with Crippen molar-refractivity contribution in [1.82, 2.24) is 30.0 Å². The molecule has 0 aliphatic rings. The van der Waals surface area contributed by atoms with E-state index in [0.717, 1.165) is 0 Å². The minimum atomic E-state index is -0.716. The minimum Gasteiger partial charge on any atom is -0.346 e. The molecule has 160 valence electrons. The fourth-order valence-electron chi connectivity index (χ4n) is 2.83. The predicted octanol–water partition coefficient (Wildman–Crippen LogP) is 2.46. The monoisotopic (exact) mass is 443 g/mol. The summed E-state index contributed by atoms with van der Waals surface area (Å²) in [7, 11) is 3.18. The summed E-state index contributed by atoms with van der Waals surface area (Å²) < 4.78 is 15.6. The number of aromatic amines is 1. The number of imidazole rings is 1. The lowest BCUT2D eigenvalue weighted by molar-refractivity contribution is 0.0817. The molecule has 2 heterocycles. The number of nitriles is 1. The summed E-state index contributed by atoms with van der Waals surface area (Å²) in [5, 5.41) is 16.1. The van der Waals surface area contributed by atoms with Crippen molar-refractivity contribution in [1.29, 1.82) is 5.26 Å². The quantitative estimate of drug-likeness (QED) is 0.606. The van der Waals surface area contributed by atoms with Crippen LogP contribution in [0.25, 0.3) is 11.3 Å². The van der Waals surface area contributed by atoms with Crippen LogP contribution < -0.4 is 5.32 Å². The lowest BCUT2D eigenvalue weighted by Gasteiger charge is -2.13. The molecule has 3 aromatic rings. The predicted molar refractivity (Wildman–Crippen MR) is 111 cm³/mol. The standard InChI is InChI=1S/C20H19ClFN7O2/c1-11(25-19(30)17-9-24-18(26-17)20(31)28(2)3)10-29-5-4-16(27-29)12-6-14(21)13(8-23)15(22)7-12/h4-7,9,11H,10H2,1-3H3,(H,24,26)(H,25,30)/t11-/m0/s1. The largest absolute Gasteiger partial charge is 0.346 e. The molecule has 3 rings (SSSR count). The van der Waals surface area contributed by atoms with Crippen LogP contribution >= 0.6 is 11.6 Å². The van der Waals surface area contributed by atoms with Crippen molar-refractivity contribution >= 4 is 23.4 Å². The maximum Gasteiger partial charge on any atom is 0.289 e. The molecule has 0 bridgehead atoms. The minimum absolute atomic E-state index is 0.0133. The number of nitrogens with zero attached hydrogens (tertiary/aromatic N) is 5. The van der Waals surface area contributed by atoms with Crippen molar-refractivity contribution < 1.29 is 14.0 Å². The van der Waals surface area contributed by atoms with Gasteiger partial charge >= 0.3 is 0 Å². The summed E-state index contributed by atoms with van der Waals surface area (Å²) in [6.07, 6.45) is 2.99. The average molecular weight is 444 g/mol. The SMILES string of the molecule is C[C@@H](Cn1ccc(-c2cc(F)c(C#N)c(Cl)c2)n1)NC(=O)c1cnc(C(=O)N(C)C)[nH]1. The Bertz CT molecular complexity index is 1160. The molecule has 2 amide bonds. The number of benzene rings is 1. The Morgan fingerprint density at radius 1 is 1.42 bits per heavy atom. The van der Waals surface area contributed by atoms with Gasteiger partial charge in [-0.3, -0.25) is 14.3 Å². The van der Waals surface area contributed by atoms with Crippen LogP contribution in [0, 0.1) is 17.1 Å². The van der Waals surface area contributed by atoms with E-state index in [0.29, 0.717) is 17.8 Å². The molecule has 0 aliphatic heterocycles. The van der Waals surface area contributed by atoms with Crippen LogP contribution in [0.15, 0.2) is 30.6 Å². The van der Waals surface area contributed by atoms with Gasteiger partial charge in [-0.15, -0.1) is 0 Å². The van der Waals surface area contributed by atoms with Crippen molar-refractivity contribution in [2.45, 2.75) is 19.5 Å². The van der Waals surface area contributed by atoms with E-state index in [-0.39, 0.29) is 34.1 Å². The number of halogens is 2. The van der Waals surface area contributed by atoms with Gasteiger partial charge in [-0.1, -0.05) is 11.6 Å². The van der Waals surface area contributed by atoms with Gasteiger partial charge in [-0.05, 0) is 25.1 Å². The summed E-state index contributed by atoms with van der Waals surface area (Å²) in [5.41, 5.74) is 0.869. The van der Waals surface area contributed by atoms with Crippen LogP contribution in [-0.2, 0) is 6.54 Å². The van der Waals surface area contributed by atoms with Crippen LogP contribution in [0.1, 0.15) is 33.6 Å². The zero-order valence-corrected chi connectivity index (χ0v) is 17.7. The number of amides is 2. The van der Waals surface area contributed by atoms with Crippen molar-refractivity contribution in [3.63, 3.8) is 0 Å². The smallest absolute Gasteiger partial charge is 0.289 e. The fourth-order valence-corrected chi connectivity index (χ4v) is 3.08. The van der Waals surface area contributed by atoms with Gasteiger partial charge in [0.2, 0.25) is 0 Å². The molecule has 0 unspecified atom stereocenters. The first-order valence-corrected chi connectivity index (χ1v) is 9.58. The number of rotatable bonds is 6. The summed E-state index contributed by atoms with van der Waals surface area (Å²) >= 11 is 5.95. The van der Waals surface area contributed by atoms with Crippen LogP contribution in [-0.4, -0.2) is 56.6 Å². The second-order valence-corrected chi connectivity index (χ2v) is 7.48. The van der Waals surface area contributed by atoms with Gasteiger partial charge in [-0.25, -0.2) is 9.37 Å². The van der Waals surface area contributed by atoms with Crippen molar-refractivity contribution in [2.24, 2.45) is 0 Å². The number of hydrogen-bond donors (Lipinski definition) is 2. The molecule has 2 aromatic heterocycles. The van der Waals surface area contributed by atoms with Crippen LogP contribution in [0.5, 0.6) is 0 Å². The molecule has 0 saturated heterocycles. The number of H-pyrrole nitrogens is 1. The highest BCUT2D eigenvalue weighted by molar-refractivity contribution is 6.32. The molecule has 2 N–H and O–H groups in total. The molecule has 1 atom stereocenters. The van der Waals surface area contributed by atoms with Gasteiger partial charge in [0.25, 0.3) is 11.8 Å². The van der Waals surface area contributed by atoms with Crippen molar-refractivity contribution in [3.05, 3.63) is 58.5 Å². The van der Waals surface area contributed by atoms with Crippen molar-refractivity contribution in [2.75, 3.05) is 14.1 Å². The molecule has 0 spiro atoms. The molecule has 0 aliphatic carbocycles. The van der Waals surface area contributed by atoms with E-state index in [9.17, 15) is 14.0 Å². The molecular weight excluding hydrogens is 425 g/mol. The first kappa shape index (κ1) is 22.0. The molecule has 11 heteroatoms. The Hall–Kier alpha value is -3.71. The number of carbonyl (C=O) groups excluding carboxylic acids is 2. The molecule has 9 nitrogen and oxygen atoms in total. The van der Waals surface area contributed by atoms with Gasteiger partial charge in [0.05, 0.1) is 23.5 Å². The lowest BCUT2D eigenvalue weighted by Crippen LogP contribution is -2.36. The summed E-state index contributed by atoms with van der Waals surface area (Å²) in [5.74, 6) is -1.39. The number of nitrogens with one attached hydrogen (secondary N) is 2. The Morgan fingerprint density at radius 3 is 2.81 bits per heavy atom. The van der Waals surface area contributed by atoms with Gasteiger partial charge in [-0.2, -0.15) is 10.4 Å². The third-order valence-electron chi connectivity index (χ3n) is 4.36. The average Bonchev–Trinajstić information content (AvgIpc) is 3.36. The number of aromatic nitrogens is 4. The zero-order valence-electron chi connectivity index (χ0n) is 17.0. The summed E-state index contributed by atoms with van der Waals surface area (Å²) in [6, 6.07) is 5.77. The Kier molecular flexibility index (Phi) is 6.36. The Labute approximate surface area is 182 Å². The van der Waals surface area contributed by atoms with Gasteiger partial charge in [0.15, 0.2) is 5.82 Å². The fraction of sp³-hybridized carbons (Fsp3) is 0.250. The third-order valence-corrected chi connectivity index (χ3v) is 4.66. The van der Waals surface area contributed by atoms with Gasteiger partial charge < -0.3 is 15.2 Å². The highest BCUT2D eigenvalue weighted by atomic mass is 35.5. The number of carbonyl (C=O) groups is 2. The normalized spacial score (nSPS) is 11.6. The molecule has 1 aromatic carbocycles. The van der Waals surface area contributed by atoms with Crippen molar-refractivity contribution in [3.8, 4) is 17.3 Å². The van der Waals surface area contributed by atoms with E-state index in [1.54, 1.807) is 44.0 Å². The highest BCUT2D eigenvalue weighted by Gasteiger charge is 2.18. The first-order valence-electron chi connectivity index (χ1n) is 9.20. The van der Waals surface area contributed by atoms with Gasteiger partial charge in [0, 0.05) is 31.9 Å². The van der Waals surface area contributed by atoms with E-state index in [1.165, 1.54) is 23.2 Å². The van der Waals surface area contributed by atoms with E-state index in [4.69, 9.17) is 16.9 Å². The molecular formula is C20H19ClFN7O2. The Morgan fingerprint density at radius 2 is 2.16 bits per heavy atom. The van der Waals surface area contributed by atoms with Crippen LogP contribution in [0.4, 0.5) is 4.39 Å². The van der Waals surface area contributed by atoms with Crippen LogP contribution in [0.3, 0.4) is 0 Å². The number of hydrogen-bond acceptors (Lipinski definition) is 5. The van der Waals surface area contributed by atoms with E-state index in [1.807, 2.05) is 0 Å². The van der Waals surface area contributed by atoms with Crippen LogP contribution in [0.2, 0.25) is 5.02 Å². The maximum absolute atomic E-state index is 14.0. The molecule has 0 radical (unpaired) electrons. The zero-order chi connectivity index (χ0) is 22.7. The molecule has 0 fully saturated rings. The first-order chi connectivity index (χ1) is 14.7. The lowest BCUT2D eigenvalue weighted by atomic mass is 10.1. The second-order valence-electron chi connectivity index (χ2n) is 7.07. The van der Waals surface area contributed by atoms with E-state index < -0.39 is 11.7 Å². The topological polar surface area (TPSA) is 120 Å². The van der Waals surface area contributed by atoms with E-state index in [2.05, 4.69) is 20.4 Å². The summed E-state index contributed by atoms with van der Waals surface area (Å²) in [4.78, 5) is 32.3. The molecule has 0 saturated carbocycles. The highest BCUT2D eigenvalue weighted by Crippen LogP contribution is 2.26. The van der Waals surface area contributed by atoms with E-state index >= 15 is 0 Å². The third kappa shape index (κ3) is 4.90. The molecule has 31 heavy (non-hydrogen) atoms. The Balaban J connectivity index is 1.65. The summed E-state index contributed by atoms with van der Waals surface area (Å²) in [6.45, 7) is 2.13. The maximum atomic E-state index is 14.0. The second kappa shape index (κ2) is 8.97. The van der Waals surface area contributed by atoms with Gasteiger partial charge in [0.1, 0.15) is 23.1 Å².